The van der Waals surface area contributed by atoms with Crippen LogP contribution < -0.4 is 16.1 Å². The van der Waals surface area contributed by atoms with Gasteiger partial charge < -0.3 is 20.2 Å². The van der Waals surface area contributed by atoms with Gasteiger partial charge in [-0.15, -0.1) is 0 Å². The maximum atomic E-state index is 13.0. The van der Waals surface area contributed by atoms with Crippen molar-refractivity contribution in [1.82, 2.24) is 14.6 Å². The summed E-state index contributed by atoms with van der Waals surface area (Å²) in [6.07, 6.45) is 4.33. The van der Waals surface area contributed by atoms with Crippen molar-refractivity contribution in [2.45, 2.75) is 33.1 Å². The minimum Gasteiger partial charge on any atom is -0.493 e. The van der Waals surface area contributed by atoms with Crippen molar-refractivity contribution in [1.29, 1.82) is 0 Å². The van der Waals surface area contributed by atoms with Gasteiger partial charge in [-0.05, 0) is 25.0 Å². The number of hydrogen-bond donors (Lipinski definition) is 1. The summed E-state index contributed by atoms with van der Waals surface area (Å²) >= 11 is 12.3. The highest BCUT2D eigenvalue weighted by molar-refractivity contribution is 6.36. The fourth-order valence-corrected chi connectivity index (χ4v) is 4.36. The van der Waals surface area contributed by atoms with Gasteiger partial charge in [-0.3, -0.25) is 19.6 Å². The van der Waals surface area contributed by atoms with Crippen LogP contribution in [0.4, 0.5) is 0 Å². The average Bonchev–Trinajstić information content (AvgIpc) is 3.67. The third-order valence-corrected chi connectivity index (χ3v) is 6.68. The van der Waals surface area contributed by atoms with E-state index in [2.05, 4.69) is 9.98 Å². The fraction of sp³-hybridized carbons (Fsp3) is 0.500. The highest BCUT2D eigenvalue weighted by Crippen LogP contribution is 2.47. The van der Waals surface area contributed by atoms with Crippen molar-refractivity contribution in [3.8, 4) is 5.75 Å². The molecule has 1 amide bonds. The molecule has 2 aromatic heterocycles. The molecule has 4 rings (SSSR count). The molecule has 0 bridgehead atoms. The van der Waals surface area contributed by atoms with Crippen molar-refractivity contribution in [3.63, 3.8) is 0 Å². The number of carbonyl (C=O) groups is 2. The van der Waals surface area contributed by atoms with Gasteiger partial charge in [0, 0.05) is 37.5 Å². The quantitative estimate of drug-likeness (QED) is 0.441. The van der Waals surface area contributed by atoms with E-state index in [-0.39, 0.29) is 35.8 Å². The van der Waals surface area contributed by atoms with Crippen LogP contribution in [0.3, 0.4) is 0 Å². The largest absolute Gasteiger partial charge is 0.493 e. The molecule has 1 aliphatic heterocycles. The van der Waals surface area contributed by atoms with Crippen molar-refractivity contribution in [2.75, 3.05) is 45.8 Å². The summed E-state index contributed by atoms with van der Waals surface area (Å²) in [4.78, 5) is 36.4. The lowest BCUT2D eigenvalue weighted by atomic mass is 10.1. The number of morpholine rings is 1. The Morgan fingerprint density at radius 2 is 1.80 bits per heavy atom. The number of rotatable bonds is 7. The average molecular weight is 524 g/mol. The van der Waals surface area contributed by atoms with Crippen LogP contribution in [0.2, 0.25) is 10.0 Å². The van der Waals surface area contributed by atoms with Crippen molar-refractivity contribution in [2.24, 2.45) is 10.4 Å². The number of hydrogen-bond acceptors (Lipinski definition) is 7. The van der Waals surface area contributed by atoms with Gasteiger partial charge in [0.2, 0.25) is 5.91 Å². The Labute approximate surface area is 214 Å². The smallest absolute Gasteiger partial charge is 0.230 e. The van der Waals surface area contributed by atoms with Gasteiger partial charge in [-0.2, -0.15) is 0 Å². The number of halogens is 2. The van der Waals surface area contributed by atoms with Gasteiger partial charge in [-0.25, -0.2) is 4.68 Å². The lowest BCUT2D eigenvalue weighted by Gasteiger charge is -2.30. The Bertz CT molecular complexity index is 1120. The monoisotopic (exact) mass is 523 g/mol. The first-order valence-corrected chi connectivity index (χ1v) is 12.4. The number of ketones is 1. The Kier molecular flexibility index (Phi) is 9.15. The first kappa shape index (κ1) is 27.0. The van der Waals surface area contributed by atoms with E-state index in [0.29, 0.717) is 47.7 Å². The molecule has 9 nitrogen and oxygen atoms in total. The third-order valence-electron chi connectivity index (χ3n) is 6.03. The van der Waals surface area contributed by atoms with E-state index in [1.54, 1.807) is 12.1 Å². The molecule has 2 aromatic rings. The van der Waals surface area contributed by atoms with Gasteiger partial charge in [0.05, 0.1) is 42.3 Å². The van der Waals surface area contributed by atoms with Gasteiger partial charge in [0.25, 0.3) is 0 Å². The molecule has 0 aromatic carbocycles. The number of Topliss-reactive ketones (excluding diaryl/α,β-unsaturated/α-hetero) is 1. The molecular formula is C24H31Cl2N5O4. The summed E-state index contributed by atoms with van der Waals surface area (Å²) < 4.78 is 12.0. The van der Waals surface area contributed by atoms with Crippen LogP contribution in [-0.2, 0) is 16.0 Å². The number of carbonyl (C=O) groups excluding carboxylic acids is 2. The topological polar surface area (TPSA) is 112 Å². The van der Waals surface area contributed by atoms with Crippen LogP contribution in [0, 0.1) is 5.41 Å². The van der Waals surface area contributed by atoms with Gasteiger partial charge in [0.1, 0.15) is 5.69 Å². The zero-order valence-corrected chi connectivity index (χ0v) is 21.7. The molecule has 1 aliphatic carbocycles. The number of amides is 1. The number of methoxy groups -OCH3 is 1. The Balaban J connectivity index is 0.00000167. The molecule has 0 atom stereocenters. The first-order chi connectivity index (χ1) is 16.9. The van der Waals surface area contributed by atoms with Crippen LogP contribution in [0.15, 0.2) is 29.5 Å². The van der Waals surface area contributed by atoms with Crippen molar-refractivity contribution >= 4 is 34.9 Å². The number of nitrogen functional groups attached to an aromatic ring is 1. The van der Waals surface area contributed by atoms with E-state index in [1.807, 2.05) is 18.7 Å². The molecular weight excluding hydrogens is 493 g/mol. The van der Waals surface area contributed by atoms with Gasteiger partial charge in [-0.1, -0.05) is 37.0 Å². The number of nitrogens with zero attached hydrogens (tertiary/aromatic N) is 4. The van der Waals surface area contributed by atoms with E-state index in [1.165, 1.54) is 24.2 Å². The minimum absolute atomic E-state index is 0.0530. The summed E-state index contributed by atoms with van der Waals surface area (Å²) in [5, 5.41) is 0.602. The second kappa shape index (κ2) is 11.9. The zero-order chi connectivity index (χ0) is 25.6. The Morgan fingerprint density at radius 1 is 1.17 bits per heavy atom. The van der Waals surface area contributed by atoms with Gasteiger partial charge >= 0.3 is 0 Å². The molecule has 0 radical (unpaired) electrons. The van der Waals surface area contributed by atoms with E-state index < -0.39 is 5.41 Å². The number of ether oxygens (including phenoxy) is 2. The number of nitrogens with two attached hydrogens (primary N) is 1. The predicted octanol–water partition coefficient (Wildman–Crippen LogP) is 2.90. The highest BCUT2D eigenvalue weighted by Gasteiger charge is 2.51. The second-order valence-electron chi connectivity index (χ2n) is 8.16. The van der Waals surface area contributed by atoms with Crippen molar-refractivity contribution < 1.29 is 19.1 Å². The maximum Gasteiger partial charge on any atom is 0.230 e. The van der Waals surface area contributed by atoms with E-state index in [0.717, 1.165) is 12.8 Å². The predicted molar refractivity (Wildman–Crippen MR) is 134 cm³/mol. The molecule has 11 heteroatoms. The molecule has 2 aliphatic rings. The molecule has 35 heavy (non-hydrogen) atoms. The Hall–Kier alpha value is -2.62. The summed E-state index contributed by atoms with van der Waals surface area (Å²) in [6, 6.07) is 3.20. The minimum atomic E-state index is -0.534. The zero-order valence-electron chi connectivity index (χ0n) is 20.2. The van der Waals surface area contributed by atoms with Crippen LogP contribution >= 0.6 is 23.2 Å². The standard InChI is InChI=1S/C22H25Cl2N5O4.C2H6/c1-32-19-3-2-17(18(30)10-14-15(23)11-26-12-16(14)24)29(25)20(19)27-13-22(4-5-22)21(31)28-6-8-33-9-7-28;1-2/h2-3,11-12H,4-10,13,25H2,1H3;1-2H3. The first-order valence-electron chi connectivity index (χ1n) is 11.6. The van der Waals surface area contributed by atoms with Gasteiger partial charge in [0.15, 0.2) is 17.0 Å². The van der Waals surface area contributed by atoms with Crippen molar-refractivity contribution in [3.05, 3.63) is 51.3 Å². The van der Waals surface area contributed by atoms with Crippen LogP contribution in [0.25, 0.3) is 0 Å². The van der Waals surface area contributed by atoms with Crippen LogP contribution in [0.1, 0.15) is 42.7 Å². The summed E-state index contributed by atoms with van der Waals surface area (Å²) in [7, 11) is 1.50. The molecule has 1 saturated heterocycles. The number of pyridine rings is 2. The molecule has 3 heterocycles. The molecule has 0 spiro atoms. The summed E-state index contributed by atoms with van der Waals surface area (Å²) in [6.45, 7) is 6.53. The van der Waals surface area contributed by atoms with E-state index >= 15 is 0 Å². The van der Waals surface area contributed by atoms with E-state index in [9.17, 15) is 9.59 Å². The molecule has 0 unspecified atom stereocenters. The summed E-state index contributed by atoms with van der Waals surface area (Å²) in [5.74, 6) is 6.49. The lowest BCUT2D eigenvalue weighted by Crippen LogP contribution is -2.45. The molecule has 2 fully saturated rings. The Morgan fingerprint density at radius 3 is 2.37 bits per heavy atom. The third kappa shape index (κ3) is 5.97. The van der Waals surface area contributed by atoms with E-state index in [4.69, 9.17) is 38.5 Å². The summed E-state index contributed by atoms with van der Waals surface area (Å²) in [5.41, 5.74) is 0.438. The van der Waals surface area contributed by atoms with Crippen LogP contribution in [0.5, 0.6) is 5.75 Å². The molecule has 2 N–H and O–H groups in total. The normalized spacial score (nSPS) is 16.8. The molecule has 1 saturated carbocycles. The number of aromatic nitrogens is 2. The lowest BCUT2D eigenvalue weighted by molar-refractivity contribution is -0.140. The maximum absolute atomic E-state index is 13.0. The van der Waals surface area contributed by atoms with Crippen LogP contribution in [-0.4, -0.2) is 66.2 Å². The fourth-order valence-electron chi connectivity index (χ4n) is 3.86. The SMILES string of the molecule is CC.COc1ccc(C(=O)Cc2c(Cl)cncc2Cl)n(N)c1=NCC1(C(=O)N2CCOCC2)CC1. The second-order valence-corrected chi connectivity index (χ2v) is 8.98. The molecule has 190 valence electrons. The highest BCUT2D eigenvalue weighted by atomic mass is 35.5.